The van der Waals surface area contributed by atoms with Crippen LogP contribution in [0.3, 0.4) is 0 Å². The Balaban J connectivity index is 1.99. The number of aromatic nitrogens is 5. The van der Waals surface area contributed by atoms with Crippen LogP contribution in [-0.4, -0.2) is 33.5 Å². The third kappa shape index (κ3) is 3.07. The molecule has 0 bridgehead atoms. The van der Waals surface area contributed by atoms with Gasteiger partial charge in [0.05, 0.1) is 30.0 Å². The van der Waals surface area contributed by atoms with Crippen LogP contribution in [0, 0.1) is 13.8 Å². The van der Waals surface area contributed by atoms with Gasteiger partial charge in [0.2, 0.25) is 5.91 Å². The van der Waals surface area contributed by atoms with Crippen molar-refractivity contribution < 1.29 is 17.8 Å². The minimum atomic E-state index is -3.81. The van der Waals surface area contributed by atoms with Gasteiger partial charge in [-0.15, -0.1) is 0 Å². The molecule has 0 spiro atoms. The maximum Gasteiger partial charge on any atom is 0.324 e. The van der Waals surface area contributed by atoms with E-state index < -0.39 is 10.0 Å². The summed E-state index contributed by atoms with van der Waals surface area (Å²) in [6.07, 6.45) is 4.34. The van der Waals surface area contributed by atoms with E-state index in [1.807, 2.05) is 0 Å². The number of imidazole rings is 1. The number of carbonyl (C=O) groups excluding carboxylic acids is 1. The van der Waals surface area contributed by atoms with Crippen molar-refractivity contribution in [2.75, 3.05) is 5.32 Å². The van der Waals surface area contributed by atoms with Gasteiger partial charge < -0.3 is 5.32 Å². The second-order valence-electron chi connectivity index (χ2n) is 5.49. The number of H-pyrrole nitrogens is 1. The summed E-state index contributed by atoms with van der Waals surface area (Å²) < 4.78 is 28.0. The van der Waals surface area contributed by atoms with Crippen molar-refractivity contribution in [1.82, 2.24) is 19.2 Å². The van der Waals surface area contributed by atoms with Gasteiger partial charge in [-0.05, 0) is 6.92 Å². The summed E-state index contributed by atoms with van der Waals surface area (Å²) in [4.78, 5) is 19.0. The predicted molar refractivity (Wildman–Crippen MR) is 91.7 cm³/mol. The minimum absolute atomic E-state index is 0.111. The number of rotatable bonds is 4. The van der Waals surface area contributed by atoms with Crippen molar-refractivity contribution in [3.05, 3.63) is 30.1 Å². The first-order valence-electron chi connectivity index (χ1n) is 7.30. The van der Waals surface area contributed by atoms with Gasteiger partial charge in [-0.2, -0.15) is 17.6 Å². The van der Waals surface area contributed by atoms with Crippen LogP contribution in [0.2, 0.25) is 0 Å². The second-order valence-corrected chi connectivity index (χ2v) is 8.23. The van der Waals surface area contributed by atoms with E-state index in [-0.39, 0.29) is 10.9 Å². The Morgan fingerprint density at radius 3 is 2.72 bits per heavy atom. The zero-order valence-corrected chi connectivity index (χ0v) is 15.7. The fraction of sp³-hybridized carbons (Fsp3) is 0.286. The first-order chi connectivity index (χ1) is 11.7. The summed E-state index contributed by atoms with van der Waals surface area (Å²) in [5, 5.41) is 7.19. The molecule has 132 valence electrons. The van der Waals surface area contributed by atoms with Gasteiger partial charge >= 0.3 is 10.0 Å². The number of hydrogen-bond donors (Lipinski definition) is 2. The zero-order chi connectivity index (χ0) is 18.4. The number of hydrogen-bond acceptors (Lipinski definition) is 6. The number of anilines is 1. The molecule has 0 aliphatic heterocycles. The molecule has 0 aromatic carbocycles. The van der Waals surface area contributed by atoms with Gasteiger partial charge in [-0.25, -0.2) is 14.5 Å². The van der Waals surface area contributed by atoms with E-state index in [1.165, 1.54) is 36.9 Å². The Hall–Kier alpha value is -2.53. The molecule has 0 atom stereocenters. The quantitative estimate of drug-likeness (QED) is 0.654. The van der Waals surface area contributed by atoms with E-state index in [0.717, 1.165) is 8.96 Å². The highest BCUT2D eigenvalue weighted by Gasteiger charge is 2.28. The average molecular weight is 381 g/mol. The van der Waals surface area contributed by atoms with Crippen LogP contribution < -0.4 is 9.88 Å². The van der Waals surface area contributed by atoms with Gasteiger partial charge in [0.1, 0.15) is 6.20 Å². The first kappa shape index (κ1) is 17.3. The molecule has 3 heterocycles. The molecule has 3 aromatic rings. The third-order valence-electron chi connectivity index (χ3n) is 3.65. The fourth-order valence-corrected chi connectivity index (χ4v) is 4.58. The van der Waals surface area contributed by atoms with Crippen LogP contribution >= 0.6 is 11.3 Å². The molecule has 11 heteroatoms. The lowest BCUT2D eigenvalue weighted by Gasteiger charge is -2.00. The zero-order valence-electron chi connectivity index (χ0n) is 14.1. The molecule has 1 amide bonds. The molecule has 3 aromatic heterocycles. The number of aromatic amines is 1. The number of carbonyl (C=O) groups is 1. The lowest BCUT2D eigenvalue weighted by molar-refractivity contribution is -0.713. The predicted octanol–water partition coefficient (Wildman–Crippen LogP) is 0.971. The Morgan fingerprint density at radius 1 is 1.40 bits per heavy atom. The van der Waals surface area contributed by atoms with Crippen LogP contribution in [0.25, 0.3) is 10.4 Å². The topological polar surface area (TPSA) is 114 Å². The van der Waals surface area contributed by atoms with E-state index in [2.05, 4.69) is 20.4 Å². The number of nitrogens with zero attached hydrogens (tertiary/aromatic N) is 4. The molecule has 9 nitrogen and oxygen atoms in total. The van der Waals surface area contributed by atoms with Gasteiger partial charge in [-0.1, -0.05) is 11.3 Å². The van der Waals surface area contributed by atoms with Crippen LogP contribution in [0.1, 0.15) is 18.4 Å². The van der Waals surface area contributed by atoms with Crippen molar-refractivity contribution in [3.63, 3.8) is 0 Å². The van der Waals surface area contributed by atoms with Crippen molar-refractivity contribution >= 4 is 32.4 Å². The summed E-state index contributed by atoms with van der Waals surface area (Å²) in [6.45, 7) is 4.97. The first-order valence-corrected chi connectivity index (χ1v) is 9.55. The molecule has 0 fully saturated rings. The van der Waals surface area contributed by atoms with Crippen molar-refractivity contribution in [2.45, 2.75) is 25.8 Å². The van der Waals surface area contributed by atoms with Gasteiger partial charge in [0.25, 0.3) is 10.9 Å². The molecule has 0 aliphatic carbocycles. The largest absolute Gasteiger partial charge is 0.324 e. The lowest BCUT2D eigenvalue weighted by Crippen LogP contribution is -2.37. The van der Waals surface area contributed by atoms with Crippen LogP contribution in [0.4, 0.5) is 5.13 Å². The van der Waals surface area contributed by atoms with Crippen molar-refractivity contribution in [2.24, 2.45) is 7.05 Å². The molecule has 0 saturated heterocycles. The number of amides is 1. The maximum absolute atomic E-state index is 12.7. The van der Waals surface area contributed by atoms with E-state index >= 15 is 0 Å². The highest BCUT2D eigenvalue weighted by atomic mass is 32.2. The molecule has 2 N–H and O–H groups in total. The minimum Gasteiger partial charge on any atom is -0.302 e. The normalized spacial score (nSPS) is 11.7. The second kappa shape index (κ2) is 6.08. The van der Waals surface area contributed by atoms with Crippen molar-refractivity contribution in [1.29, 1.82) is 0 Å². The molecular weight excluding hydrogens is 364 g/mol. The number of aryl methyl sites for hydroxylation is 2. The summed E-state index contributed by atoms with van der Waals surface area (Å²) in [6, 6.07) is 0. The van der Waals surface area contributed by atoms with E-state index in [9.17, 15) is 13.2 Å². The van der Waals surface area contributed by atoms with Gasteiger partial charge in [0.15, 0.2) is 5.13 Å². The van der Waals surface area contributed by atoms with Crippen molar-refractivity contribution in [3.8, 4) is 10.4 Å². The summed E-state index contributed by atoms with van der Waals surface area (Å²) in [5.41, 5.74) is 1.30. The standard InChI is InChI=1S/C14H16N6O3S2/c1-8-13(24-14(17-8)18-10(3)21)11-5-16-20(7-11)25(22,23)12-6-15-9(2)19(12)4/h5-7H,1-4H3,(H,17,18,21)/p+1. The monoisotopic (exact) mass is 381 g/mol. The molecule has 0 radical (unpaired) electrons. The van der Waals surface area contributed by atoms with E-state index in [0.29, 0.717) is 22.2 Å². The lowest BCUT2D eigenvalue weighted by atomic mass is 10.2. The van der Waals surface area contributed by atoms with Crippen LogP contribution in [0.15, 0.2) is 23.6 Å². The summed E-state index contributed by atoms with van der Waals surface area (Å²) in [5.74, 6) is 0.498. The Bertz CT molecular complexity index is 1060. The Morgan fingerprint density at radius 2 is 2.12 bits per heavy atom. The fourth-order valence-electron chi connectivity index (χ4n) is 2.29. The SMILES string of the molecule is CC(=O)Nc1nc(C)c(-c2cnn(S(=O)(=O)c3c[nH]c(C)[n+]3C)c2)s1. The number of thiazole rings is 1. The highest BCUT2D eigenvalue weighted by Crippen LogP contribution is 2.32. The Kier molecular flexibility index (Phi) is 4.21. The van der Waals surface area contributed by atoms with E-state index in [1.54, 1.807) is 25.5 Å². The maximum atomic E-state index is 12.7. The number of nitrogens with one attached hydrogen (secondary N) is 2. The molecular formula is C14H17N6O3S2+. The van der Waals surface area contributed by atoms with Crippen LogP contribution in [0.5, 0.6) is 0 Å². The van der Waals surface area contributed by atoms with Crippen LogP contribution in [-0.2, 0) is 21.9 Å². The average Bonchev–Trinajstić information content (AvgIpc) is 3.20. The molecule has 0 saturated carbocycles. The molecule has 0 unspecified atom stereocenters. The molecule has 25 heavy (non-hydrogen) atoms. The highest BCUT2D eigenvalue weighted by molar-refractivity contribution is 7.89. The molecule has 0 aliphatic rings. The summed E-state index contributed by atoms with van der Waals surface area (Å²) >= 11 is 1.27. The van der Waals surface area contributed by atoms with Gasteiger partial charge in [0, 0.05) is 19.4 Å². The molecule has 3 rings (SSSR count). The third-order valence-corrected chi connectivity index (χ3v) is 6.39. The van der Waals surface area contributed by atoms with Gasteiger partial charge in [-0.3, -0.25) is 4.79 Å². The summed E-state index contributed by atoms with van der Waals surface area (Å²) in [7, 11) is -2.15. The smallest absolute Gasteiger partial charge is 0.302 e. The Labute approximate surface area is 148 Å². The van der Waals surface area contributed by atoms with E-state index in [4.69, 9.17) is 0 Å².